The van der Waals surface area contributed by atoms with Crippen molar-refractivity contribution in [1.29, 1.82) is 0 Å². The predicted octanol–water partition coefficient (Wildman–Crippen LogP) is 1.38. The van der Waals surface area contributed by atoms with E-state index in [1.54, 1.807) is 11.9 Å². The Morgan fingerprint density at radius 2 is 2.04 bits per heavy atom. The molecule has 0 radical (unpaired) electrons. The summed E-state index contributed by atoms with van der Waals surface area (Å²) >= 11 is 0. The van der Waals surface area contributed by atoms with Crippen molar-refractivity contribution >= 4 is 5.91 Å². The highest BCUT2D eigenvalue weighted by Gasteiger charge is 2.21. The Bertz CT molecular complexity index is 665. The fourth-order valence-electron chi connectivity index (χ4n) is 3.01. The van der Waals surface area contributed by atoms with E-state index in [1.807, 2.05) is 36.5 Å². The monoisotopic (exact) mass is 343 g/mol. The summed E-state index contributed by atoms with van der Waals surface area (Å²) in [6.07, 6.45) is 4.18. The molecule has 0 saturated carbocycles. The number of para-hydroxylation sites is 1. The van der Waals surface area contributed by atoms with E-state index in [0.717, 1.165) is 43.9 Å². The van der Waals surface area contributed by atoms with Crippen LogP contribution in [-0.4, -0.2) is 58.6 Å². The Kier molecular flexibility index (Phi) is 6.14. The number of methoxy groups -OCH3 is 1. The zero-order valence-electron chi connectivity index (χ0n) is 14.6. The number of carbonyl (C=O) groups excluding carboxylic acids is 1. The Hall–Kier alpha value is -2.25. The minimum Gasteiger partial charge on any atom is -0.384 e. The van der Waals surface area contributed by atoms with E-state index in [9.17, 15) is 4.79 Å². The third kappa shape index (κ3) is 5.11. The number of piperidine rings is 1. The molecular weight excluding hydrogens is 318 g/mol. The number of carbonyl (C=O) groups is 1. The molecule has 1 aliphatic heterocycles. The summed E-state index contributed by atoms with van der Waals surface area (Å²) in [6.45, 7) is 3.17. The highest BCUT2D eigenvalue weighted by molar-refractivity contribution is 5.76. The first kappa shape index (κ1) is 17.6. The highest BCUT2D eigenvalue weighted by Crippen LogP contribution is 2.13. The second-order valence-corrected chi connectivity index (χ2v) is 6.32. The van der Waals surface area contributed by atoms with Crippen molar-refractivity contribution in [2.45, 2.75) is 31.8 Å². The Labute approximate surface area is 148 Å². The number of hydrogen-bond donors (Lipinski definition) is 1. The van der Waals surface area contributed by atoms with Crippen LogP contribution in [0.1, 0.15) is 25.0 Å². The number of hydrogen-bond acceptors (Lipinski definition) is 5. The highest BCUT2D eigenvalue weighted by atomic mass is 16.5. The molecule has 0 unspecified atom stereocenters. The SMILES string of the molecule is COCCC(=O)NC1CCN(Cc2cnn(-c3ccccc3)n2)CC1. The van der Waals surface area contributed by atoms with Gasteiger partial charge in [-0.05, 0) is 25.0 Å². The van der Waals surface area contributed by atoms with Crippen LogP contribution in [0, 0.1) is 0 Å². The zero-order valence-corrected chi connectivity index (χ0v) is 14.6. The number of rotatable bonds is 7. The van der Waals surface area contributed by atoms with Gasteiger partial charge in [0.1, 0.15) is 0 Å². The van der Waals surface area contributed by atoms with Crippen molar-refractivity contribution in [3.8, 4) is 5.69 Å². The van der Waals surface area contributed by atoms with E-state index in [2.05, 4.69) is 20.4 Å². The summed E-state index contributed by atoms with van der Waals surface area (Å²) in [7, 11) is 1.61. The summed E-state index contributed by atoms with van der Waals surface area (Å²) in [5.41, 5.74) is 1.93. The maximum atomic E-state index is 11.8. The van der Waals surface area contributed by atoms with Gasteiger partial charge in [0, 0.05) is 39.2 Å². The van der Waals surface area contributed by atoms with E-state index in [0.29, 0.717) is 13.0 Å². The van der Waals surface area contributed by atoms with Crippen LogP contribution in [0.3, 0.4) is 0 Å². The average Bonchev–Trinajstić information content (AvgIpc) is 3.11. The minimum atomic E-state index is 0.0751. The first-order chi connectivity index (χ1) is 12.2. The van der Waals surface area contributed by atoms with Crippen LogP contribution >= 0.6 is 0 Å². The van der Waals surface area contributed by atoms with E-state index in [4.69, 9.17) is 4.74 Å². The summed E-state index contributed by atoms with van der Waals surface area (Å²) in [4.78, 5) is 15.8. The van der Waals surface area contributed by atoms with Gasteiger partial charge in [-0.3, -0.25) is 9.69 Å². The van der Waals surface area contributed by atoms with Crippen molar-refractivity contribution in [3.63, 3.8) is 0 Å². The fourth-order valence-corrected chi connectivity index (χ4v) is 3.01. The van der Waals surface area contributed by atoms with Crippen molar-refractivity contribution in [3.05, 3.63) is 42.2 Å². The van der Waals surface area contributed by atoms with Crippen LogP contribution in [0.2, 0.25) is 0 Å². The quantitative estimate of drug-likeness (QED) is 0.822. The van der Waals surface area contributed by atoms with Gasteiger partial charge in [0.2, 0.25) is 5.91 Å². The molecule has 1 amide bonds. The zero-order chi connectivity index (χ0) is 17.5. The number of likely N-dealkylation sites (tertiary alicyclic amines) is 1. The Morgan fingerprint density at radius 1 is 1.28 bits per heavy atom. The molecule has 1 N–H and O–H groups in total. The molecule has 0 aliphatic carbocycles. The van der Waals surface area contributed by atoms with Crippen LogP contribution in [0.5, 0.6) is 0 Å². The van der Waals surface area contributed by atoms with Gasteiger partial charge in [0.25, 0.3) is 0 Å². The van der Waals surface area contributed by atoms with Gasteiger partial charge in [-0.1, -0.05) is 18.2 Å². The standard InChI is InChI=1S/C18H25N5O2/c1-25-12-9-18(24)20-15-7-10-22(11-8-15)14-16-13-19-23(21-16)17-5-3-2-4-6-17/h2-6,13,15H,7-12,14H2,1H3,(H,20,24). The predicted molar refractivity (Wildman–Crippen MR) is 94.3 cm³/mol. The van der Waals surface area contributed by atoms with Gasteiger partial charge < -0.3 is 10.1 Å². The van der Waals surface area contributed by atoms with Gasteiger partial charge in [0.15, 0.2) is 0 Å². The molecule has 1 aromatic heterocycles. The summed E-state index contributed by atoms with van der Waals surface area (Å²) in [5, 5.41) is 12.0. The number of nitrogens with one attached hydrogen (secondary N) is 1. The second kappa shape index (κ2) is 8.73. The molecule has 2 heterocycles. The van der Waals surface area contributed by atoms with Crippen molar-refractivity contribution < 1.29 is 9.53 Å². The fraction of sp³-hybridized carbons (Fsp3) is 0.500. The third-order valence-corrected chi connectivity index (χ3v) is 4.40. The maximum absolute atomic E-state index is 11.8. The van der Waals surface area contributed by atoms with Gasteiger partial charge in [-0.25, -0.2) is 0 Å². The molecule has 1 fully saturated rings. The third-order valence-electron chi connectivity index (χ3n) is 4.40. The Balaban J connectivity index is 1.45. The molecule has 2 aromatic rings. The summed E-state index contributed by atoms with van der Waals surface area (Å²) in [5.74, 6) is 0.0751. The molecule has 1 aliphatic rings. The van der Waals surface area contributed by atoms with E-state index >= 15 is 0 Å². The minimum absolute atomic E-state index is 0.0751. The molecule has 3 rings (SSSR count). The van der Waals surface area contributed by atoms with Gasteiger partial charge in [0.05, 0.1) is 24.2 Å². The summed E-state index contributed by atoms with van der Waals surface area (Å²) in [6, 6.07) is 10.2. The van der Waals surface area contributed by atoms with E-state index < -0.39 is 0 Å². The largest absolute Gasteiger partial charge is 0.384 e. The molecular formula is C18H25N5O2. The average molecular weight is 343 g/mol. The first-order valence-corrected chi connectivity index (χ1v) is 8.72. The number of aromatic nitrogens is 3. The first-order valence-electron chi connectivity index (χ1n) is 8.72. The molecule has 7 nitrogen and oxygen atoms in total. The lowest BCUT2D eigenvalue weighted by molar-refractivity contribution is -0.123. The smallest absolute Gasteiger partial charge is 0.222 e. The molecule has 7 heteroatoms. The topological polar surface area (TPSA) is 72.3 Å². The molecule has 0 spiro atoms. The molecule has 0 atom stereocenters. The number of amides is 1. The van der Waals surface area contributed by atoms with Crippen molar-refractivity contribution in [1.82, 2.24) is 25.2 Å². The van der Waals surface area contributed by atoms with E-state index in [-0.39, 0.29) is 11.9 Å². The molecule has 1 aromatic carbocycles. The molecule has 1 saturated heterocycles. The van der Waals surface area contributed by atoms with Crippen LogP contribution in [0.25, 0.3) is 5.69 Å². The van der Waals surface area contributed by atoms with E-state index in [1.165, 1.54) is 0 Å². The second-order valence-electron chi connectivity index (χ2n) is 6.32. The summed E-state index contributed by atoms with van der Waals surface area (Å²) < 4.78 is 4.94. The Morgan fingerprint density at radius 3 is 2.76 bits per heavy atom. The number of ether oxygens (including phenoxy) is 1. The van der Waals surface area contributed by atoms with Gasteiger partial charge >= 0.3 is 0 Å². The van der Waals surface area contributed by atoms with Crippen molar-refractivity contribution in [2.75, 3.05) is 26.8 Å². The van der Waals surface area contributed by atoms with Gasteiger partial charge in [-0.2, -0.15) is 15.0 Å². The van der Waals surface area contributed by atoms with Crippen molar-refractivity contribution in [2.24, 2.45) is 0 Å². The van der Waals surface area contributed by atoms with Gasteiger partial charge in [-0.15, -0.1) is 0 Å². The molecule has 25 heavy (non-hydrogen) atoms. The van der Waals surface area contributed by atoms with Crippen LogP contribution in [-0.2, 0) is 16.1 Å². The number of nitrogens with zero attached hydrogens (tertiary/aromatic N) is 4. The van der Waals surface area contributed by atoms with Crippen LogP contribution in [0.15, 0.2) is 36.5 Å². The lowest BCUT2D eigenvalue weighted by Crippen LogP contribution is -2.44. The molecule has 134 valence electrons. The van der Waals surface area contributed by atoms with Crippen LogP contribution in [0.4, 0.5) is 0 Å². The molecule has 0 bridgehead atoms. The normalized spacial score (nSPS) is 16.0. The lowest BCUT2D eigenvalue weighted by Gasteiger charge is -2.31. The lowest BCUT2D eigenvalue weighted by atomic mass is 10.0. The van der Waals surface area contributed by atoms with Crippen LogP contribution < -0.4 is 5.32 Å². The number of benzene rings is 1. The maximum Gasteiger partial charge on any atom is 0.222 e.